The first kappa shape index (κ1) is 6.85. The van der Waals surface area contributed by atoms with Crippen LogP contribution in [-0.4, -0.2) is 12.2 Å². The van der Waals surface area contributed by atoms with E-state index in [0.29, 0.717) is 0 Å². The third-order valence-electron chi connectivity index (χ3n) is 2.13. The Morgan fingerprint density at radius 3 is 3.27 bits per heavy atom. The Bertz CT molecular complexity index is 255. The molecule has 1 N–H and O–H groups in total. The van der Waals surface area contributed by atoms with Crippen molar-refractivity contribution in [2.75, 3.05) is 7.05 Å². The van der Waals surface area contributed by atoms with E-state index in [1.165, 1.54) is 12.0 Å². The maximum atomic E-state index is 5.17. The van der Waals surface area contributed by atoms with Crippen LogP contribution < -0.4 is 5.32 Å². The highest BCUT2D eigenvalue weighted by Crippen LogP contribution is 2.24. The van der Waals surface area contributed by atoms with Crippen molar-refractivity contribution in [1.29, 1.82) is 0 Å². The molecule has 0 spiro atoms. The van der Waals surface area contributed by atoms with Gasteiger partial charge in [0.05, 0.1) is 0 Å². The monoisotopic (exact) mass is 152 g/mol. The fourth-order valence-corrected chi connectivity index (χ4v) is 1.59. The third-order valence-corrected chi connectivity index (χ3v) is 2.13. The minimum Gasteiger partial charge on any atom is -0.361 e. The third kappa shape index (κ3) is 1.05. The van der Waals surface area contributed by atoms with Crippen LogP contribution in [0.1, 0.15) is 23.4 Å². The zero-order valence-corrected chi connectivity index (χ0v) is 6.68. The van der Waals surface area contributed by atoms with E-state index in [9.17, 15) is 0 Å². The van der Waals surface area contributed by atoms with Gasteiger partial charge in [-0.15, -0.1) is 0 Å². The molecule has 0 saturated carbocycles. The molecule has 60 valence electrons. The zero-order valence-electron chi connectivity index (χ0n) is 6.68. The fourth-order valence-electron chi connectivity index (χ4n) is 1.59. The maximum absolute atomic E-state index is 5.17. The van der Waals surface area contributed by atoms with Crippen LogP contribution in [0, 0.1) is 0 Å². The van der Waals surface area contributed by atoms with Gasteiger partial charge in [0.1, 0.15) is 11.5 Å². The topological polar surface area (TPSA) is 38.1 Å². The molecule has 0 atom stereocenters. The van der Waals surface area contributed by atoms with Crippen molar-refractivity contribution < 1.29 is 4.52 Å². The van der Waals surface area contributed by atoms with Crippen molar-refractivity contribution in [3.63, 3.8) is 0 Å². The molecule has 1 aliphatic carbocycles. The summed E-state index contributed by atoms with van der Waals surface area (Å²) in [4.78, 5) is 0. The number of hydrogen-bond donors (Lipinski definition) is 1. The van der Waals surface area contributed by atoms with E-state index in [2.05, 4.69) is 10.5 Å². The van der Waals surface area contributed by atoms with Crippen molar-refractivity contribution in [2.24, 2.45) is 0 Å². The Labute approximate surface area is 65.8 Å². The summed E-state index contributed by atoms with van der Waals surface area (Å²) < 4.78 is 5.17. The fraction of sp³-hybridized carbons (Fsp3) is 0.625. The van der Waals surface area contributed by atoms with Gasteiger partial charge in [0.25, 0.3) is 0 Å². The first-order valence-corrected chi connectivity index (χ1v) is 4.02. The maximum Gasteiger partial charge on any atom is 0.140 e. The summed E-state index contributed by atoms with van der Waals surface area (Å²) in [6.07, 6.45) is 3.45. The second-order valence-corrected chi connectivity index (χ2v) is 2.91. The average Bonchev–Trinajstić information content (AvgIpc) is 2.53. The highest BCUT2D eigenvalue weighted by Gasteiger charge is 2.19. The molecular formula is C8H12N2O. The molecule has 11 heavy (non-hydrogen) atoms. The van der Waals surface area contributed by atoms with Gasteiger partial charge >= 0.3 is 0 Å². The predicted molar refractivity (Wildman–Crippen MR) is 41.3 cm³/mol. The molecule has 0 aliphatic heterocycles. The molecule has 3 heteroatoms. The van der Waals surface area contributed by atoms with Gasteiger partial charge in [-0.2, -0.15) is 0 Å². The minimum atomic E-state index is 0.832. The van der Waals surface area contributed by atoms with Gasteiger partial charge in [-0.3, -0.25) is 0 Å². The number of aryl methyl sites for hydroxylation is 1. The lowest BCUT2D eigenvalue weighted by atomic mass is 10.2. The average molecular weight is 152 g/mol. The second kappa shape index (κ2) is 2.66. The molecule has 1 aromatic heterocycles. The molecule has 1 aromatic rings. The van der Waals surface area contributed by atoms with Crippen LogP contribution in [0.15, 0.2) is 4.52 Å². The summed E-state index contributed by atoms with van der Waals surface area (Å²) in [7, 11) is 1.93. The molecule has 3 nitrogen and oxygen atoms in total. The molecule has 2 rings (SSSR count). The van der Waals surface area contributed by atoms with Crippen molar-refractivity contribution >= 4 is 0 Å². The molecule has 0 amide bonds. The van der Waals surface area contributed by atoms with Crippen molar-refractivity contribution in [2.45, 2.75) is 25.8 Å². The van der Waals surface area contributed by atoms with Crippen molar-refractivity contribution in [3.05, 3.63) is 17.0 Å². The Hall–Kier alpha value is -0.830. The Morgan fingerprint density at radius 2 is 2.45 bits per heavy atom. The largest absolute Gasteiger partial charge is 0.361 e. The van der Waals surface area contributed by atoms with E-state index >= 15 is 0 Å². The van der Waals surface area contributed by atoms with E-state index in [0.717, 1.165) is 30.8 Å². The lowest BCUT2D eigenvalue weighted by molar-refractivity contribution is 0.378. The highest BCUT2D eigenvalue weighted by molar-refractivity contribution is 5.26. The van der Waals surface area contributed by atoms with Gasteiger partial charge in [-0.25, -0.2) is 0 Å². The van der Waals surface area contributed by atoms with Crippen molar-refractivity contribution in [3.8, 4) is 0 Å². The summed E-state index contributed by atoms with van der Waals surface area (Å²) >= 11 is 0. The number of nitrogens with zero attached hydrogens (tertiary/aromatic N) is 1. The van der Waals surface area contributed by atoms with Gasteiger partial charge in [-0.05, 0) is 19.9 Å². The van der Waals surface area contributed by atoms with E-state index in [-0.39, 0.29) is 0 Å². The van der Waals surface area contributed by atoms with E-state index in [1.807, 2.05) is 7.05 Å². The summed E-state index contributed by atoms with van der Waals surface area (Å²) in [6.45, 7) is 0.832. The zero-order chi connectivity index (χ0) is 7.68. The molecule has 0 fully saturated rings. The van der Waals surface area contributed by atoms with Crippen LogP contribution in [0.25, 0.3) is 0 Å². The number of aromatic nitrogens is 1. The minimum absolute atomic E-state index is 0.832. The molecule has 1 aliphatic rings. The first-order valence-electron chi connectivity index (χ1n) is 4.02. The summed E-state index contributed by atoms with van der Waals surface area (Å²) in [6, 6.07) is 0. The molecule has 0 saturated heterocycles. The Kier molecular flexibility index (Phi) is 1.66. The van der Waals surface area contributed by atoms with Crippen LogP contribution >= 0.6 is 0 Å². The summed E-state index contributed by atoms with van der Waals surface area (Å²) in [5, 5.41) is 7.07. The molecule has 1 heterocycles. The van der Waals surface area contributed by atoms with E-state index in [1.54, 1.807) is 0 Å². The normalized spacial score (nSPS) is 15.4. The van der Waals surface area contributed by atoms with Crippen LogP contribution in [0.4, 0.5) is 0 Å². The van der Waals surface area contributed by atoms with Crippen molar-refractivity contribution in [1.82, 2.24) is 10.5 Å². The number of rotatable bonds is 2. The Morgan fingerprint density at radius 1 is 1.55 bits per heavy atom. The predicted octanol–water partition coefficient (Wildman–Crippen LogP) is 0.883. The van der Waals surface area contributed by atoms with Crippen LogP contribution in [0.5, 0.6) is 0 Å². The van der Waals surface area contributed by atoms with Gasteiger partial charge < -0.3 is 9.84 Å². The molecule has 0 unspecified atom stereocenters. The van der Waals surface area contributed by atoms with E-state index < -0.39 is 0 Å². The number of hydrogen-bond acceptors (Lipinski definition) is 3. The van der Waals surface area contributed by atoms with Crippen LogP contribution in [0.3, 0.4) is 0 Å². The van der Waals surface area contributed by atoms with E-state index in [4.69, 9.17) is 4.52 Å². The van der Waals surface area contributed by atoms with Crippen LogP contribution in [-0.2, 0) is 19.4 Å². The van der Waals surface area contributed by atoms with Gasteiger partial charge in [0, 0.05) is 18.5 Å². The summed E-state index contributed by atoms with van der Waals surface area (Å²) in [5.74, 6) is 1.11. The van der Waals surface area contributed by atoms with Crippen LogP contribution in [0.2, 0.25) is 0 Å². The second-order valence-electron chi connectivity index (χ2n) is 2.91. The lowest BCUT2D eigenvalue weighted by Gasteiger charge is -1.93. The SMILES string of the molecule is CNCc1noc2c1CCC2. The number of nitrogens with one attached hydrogen (secondary N) is 1. The Balaban J connectivity index is 2.27. The number of fused-ring (bicyclic) bond motifs is 1. The molecule has 0 radical (unpaired) electrons. The smallest absolute Gasteiger partial charge is 0.140 e. The quantitative estimate of drug-likeness (QED) is 0.683. The van der Waals surface area contributed by atoms with Gasteiger partial charge in [0.15, 0.2) is 0 Å². The first-order chi connectivity index (χ1) is 5.42. The van der Waals surface area contributed by atoms with Gasteiger partial charge in [-0.1, -0.05) is 5.16 Å². The summed E-state index contributed by atoms with van der Waals surface area (Å²) in [5.41, 5.74) is 2.44. The lowest BCUT2D eigenvalue weighted by Crippen LogP contribution is -2.06. The standard InChI is InChI=1S/C8H12N2O/c1-9-5-7-6-3-2-4-8(6)11-10-7/h9H,2-5H2,1H3. The molecule has 0 bridgehead atoms. The molecular weight excluding hydrogens is 140 g/mol. The molecule has 0 aromatic carbocycles. The van der Waals surface area contributed by atoms with Gasteiger partial charge in [0.2, 0.25) is 0 Å². The highest BCUT2D eigenvalue weighted by atomic mass is 16.5.